The Kier molecular flexibility index (Phi) is 5.53. The van der Waals surface area contributed by atoms with E-state index in [2.05, 4.69) is 65.6 Å². The van der Waals surface area contributed by atoms with Crippen LogP contribution < -0.4 is 10.2 Å². The number of Topliss-reactive ketones (excluding diaryl/α,β-unsaturated/α-hetero) is 1. The van der Waals surface area contributed by atoms with Gasteiger partial charge in [0.25, 0.3) is 0 Å². The monoisotopic (exact) mass is 475 g/mol. The van der Waals surface area contributed by atoms with Crippen LogP contribution in [0.2, 0.25) is 0 Å². The Bertz CT molecular complexity index is 1580. The van der Waals surface area contributed by atoms with Gasteiger partial charge in [-0.15, -0.1) is 0 Å². The number of nitrogens with zero attached hydrogens (tertiary/aromatic N) is 4. The highest BCUT2D eigenvalue weighted by molar-refractivity contribution is 6.11. The SMILES string of the molecule is CC(=O)c1cccc2c(-c3cnn4cc(-c5ccc(N6C(C)CNCC6C)cc5)cnc34)cccc12. The van der Waals surface area contributed by atoms with Gasteiger partial charge in [0.2, 0.25) is 0 Å². The van der Waals surface area contributed by atoms with Crippen molar-refractivity contribution in [2.75, 3.05) is 18.0 Å². The van der Waals surface area contributed by atoms with Crippen molar-refractivity contribution in [3.8, 4) is 22.3 Å². The lowest BCUT2D eigenvalue weighted by molar-refractivity contribution is 0.101. The highest BCUT2D eigenvalue weighted by Crippen LogP contribution is 2.33. The third kappa shape index (κ3) is 3.74. The number of aromatic nitrogens is 3. The summed E-state index contributed by atoms with van der Waals surface area (Å²) < 4.78 is 1.84. The number of piperazine rings is 1. The van der Waals surface area contributed by atoms with Crippen LogP contribution in [0.1, 0.15) is 31.1 Å². The number of fused-ring (bicyclic) bond motifs is 2. The summed E-state index contributed by atoms with van der Waals surface area (Å²) in [4.78, 5) is 19.4. The lowest BCUT2D eigenvalue weighted by Gasteiger charge is -2.41. The van der Waals surface area contributed by atoms with Gasteiger partial charge in [-0.05, 0) is 54.8 Å². The van der Waals surface area contributed by atoms with Gasteiger partial charge < -0.3 is 10.2 Å². The number of hydrogen-bond donors (Lipinski definition) is 1. The molecule has 0 saturated carbocycles. The summed E-state index contributed by atoms with van der Waals surface area (Å²) in [5, 5.41) is 10.1. The number of anilines is 1. The predicted octanol–water partition coefficient (Wildman–Crippen LogP) is 5.61. The number of ketones is 1. The molecule has 6 heteroatoms. The molecule has 36 heavy (non-hydrogen) atoms. The Labute approximate surface area is 210 Å². The van der Waals surface area contributed by atoms with E-state index in [1.54, 1.807) is 6.92 Å². The van der Waals surface area contributed by atoms with Crippen molar-refractivity contribution in [1.29, 1.82) is 0 Å². The molecule has 180 valence electrons. The Morgan fingerprint density at radius 2 is 1.58 bits per heavy atom. The van der Waals surface area contributed by atoms with Crippen LogP contribution in [0.15, 0.2) is 79.3 Å². The normalized spacial score (nSPS) is 18.1. The van der Waals surface area contributed by atoms with Crippen molar-refractivity contribution in [1.82, 2.24) is 19.9 Å². The molecule has 2 unspecified atom stereocenters. The molecule has 0 aliphatic carbocycles. The highest BCUT2D eigenvalue weighted by atomic mass is 16.1. The number of carbonyl (C=O) groups excluding carboxylic acids is 1. The van der Waals surface area contributed by atoms with Crippen molar-refractivity contribution >= 4 is 27.9 Å². The molecule has 6 nitrogen and oxygen atoms in total. The summed E-state index contributed by atoms with van der Waals surface area (Å²) in [6.45, 7) is 8.14. The van der Waals surface area contributed by atoms with E-state index in [9.17, 15) is 4.79 Å². The Hall–Kier alpha value is -4.03. The van der Waals surface area contributed by atoms with Crippen LogP contribution in [0.5, 0.6) is 0 Å². The maximum Gasteiger partial charge on any atom is 0.162 e. The van der Waals surface area contributed by atoms with Crippen molar-refractivity contribution in [3.63, 3.8) is 0 Å². The van der Waals surface area contributed by atoms with Crippen molar-refractivity contribution < 1.29 is 4.79 Å². The lowest BCUT2D eigenvalue weighted by atomic mass is 9.95. The highest BCUT2D eigenvalue weighted by Gasteiger charge is 2.24. The smallest absolute Gasteiger partial charge is 0.162 e. The molecule has 2 atom stereocenters. The second kappa shape index (κ2) is 8.88. The summed E-state index contributed by atoms with van der Waals surface area (Å²) in [5.41, 5.74) is 6.86. The molecule has 6 rings (SSSR count). The predicted molar refractivity (Wildman–Crippen MR) is 146 cm³/mol. The first-order chi connectivity index (χ1) is 17.5. The molecule has 3 aromatic carbocycles. The zero-order valence-corrected chi connectivity index (χ0v) is 20.8. The molecular weight excluding hydrogens is 446 g/mol. The summed E-state index contributed by atoms with van der Waals surface area (Å²) in [7, 11) is 0. The lowest BCUT2D eigenvalue weighted by Crippen LogP contribution is -2.55. The van der Waals surface area contributed by atoms with E-state index in [-0.39, 0.29) is 5.78 Å². The number of hydrogen-bond acceptors (Lipinski definition) is 5. The van der Waals surface area contributed by atoms with Gasteiger partial charge in [-0.1, -0.05) is 48.5 Å². The topological polar surface area (TPSA) is 62.5 Å². The number of benzene rings is 3. The zero-order chi connectivity index (χ0) is 24.8. The standard InChI is InChI=1S/C30H29N5O/c1-19-14-31-15-20(2)35(19)24-12-10-22(11-13-24)23-16-32-30-29(17-33-34(30)18-23)28-9-5-7-26-25(21(3)36)6-4-8-27(26)28/h4-13,16-20,31H,14-15H2,1-3H3. The van der Waals surface area contributed by atoms with Gasteiger partial charge in [0, 0.05) is 59.9 Å². The molecule has 0 bridgehead atoms. The van der Waals surface area contributed by atoms with E-state index in [0.717, 1.165) is 57.3 Å². The first-order valence-electron chi connectivity index (χ1n) is 12.5. The Morgan fingerprint density at radius 3 is 2.33 bits per heavy atom. The third-order valence-electron chi connectivity index (χ3n) is 7.28. The molecular formula is C30H29N5O. The summed E-state index contributed by atoms with van der Waals surface area (Å²) in [6.07, 6.45) is 5.80. The van der Waals surface area contributed by atoms with E-state index in [0.29, 0.717) is 12.1 Å². The molecule has 1 fully saturated rings. The van der Waals surface area contributed by atoms with Crippen molar-refractivity contribution in [2.24, 2.45) is 0 Å². The average molecular weight is 476 g/mol. The van der Waals surface area contributed by atoms with Crippen LogP contribution in [-0.2, 0) is 0 Å². The molecule has 5 aromatic rings. The minimum atomic E-state index is 0.0623. The summed E-state index contributed by atoms with van der Waals surface area (Å²) in [6, 6.07) is 21.6. The van der Waals surface area contributed by atoms with Crippen molar-refractivity contribution in [2.45, 2.75) is 32.9 Å². The van der Waals surface area contributed by atoms with Gasteiger partial charge >= 0.3 is 0 Å². The first kappa shape index (κ1) is 22.4. The van der Waals surface area contributed by atoms with E-state index in [1.165, 1.54) is 5.69 Å². The Balaban J connectivity index is 1.36. The fourth-order valence-electron chi connectivity index (χ4n) is 5.53. The van der Waals surface area contributed by atoms with Crippen LogP contribution in [0, 0.1) is 0 Å². The van der Waals surface area contributed by atoms with Gasteiger partial charge in [0.05, 0.1) is 6.20 Å². The van der Waals surface area contributed by atoms with Gasteiger partial charge in [-0.25, -0.2) is 9.50 Å². The summed E-state index contributed by atoms with van der Waals surface area (Å²) >= 11 is 0. The molecule has 0 radical (unpaired) electrons. The third-order valence-corrected chi connectivity index (χ3v) is 7.28. The minimum Gasteiger partial charge on any atom is -0.364 e. The van der Waals surface area contributed by atoms with Gasteiger partial charge in [-0.2, -0.15) is 5.10 Å². The second-order valence-corrected chi connectivity index (χ2v) is 9.74. The molecule has 1 N–H and O–H groups in total. The number of rotatable bonds is 4. The first-order valence-corrected chi connectivity index (χ1v) is 12.5. The van der Waals surface area contributed by atoms with Crippen LogP contribution >= 0.6 is 0 Å². The molecule has 3 heterocycles. The van der Waals surface area contributed by atoms with Gasteiger partial charge in [-0.3, -0.25) is 4.79 Å². The zero-order valence-electron chi connectivity index (χ0n) is 20.8. The van der Waals surface area contributed by atoms with Crippen LogP contribution in [0.3, 0.4) is 0 Å². The number of nitrogens with one attached hydrogen (secondary N) is 1. The molecule has 0 amide bonds. The average Bonchev–Trinajstić information content (AvgIpc) is 3.31. The number of carbonyl (C=O) groups is 1. The molecule has 1 aliphatic rings. The second-order valence-electron chi connectivity index (χ2n) is 9.74. The fourth-order valence-corrected chi connectivity index (χ4v) is 5.53. The minimum absolute atomic E-state index is 0.0623. The van der Waals surface area contributed by atoms with E-state index in [1.807, 2.05) is 47.4 Å². The molecule has 1 saturated heterocycles. The Morgan fingerprint density at radius 1 is 0.861 bits per heavy atom. The van der Waals surface area contributed by atoms with Crippen LogP contribution in [-0.4, -0.2) is 45.6 Å². The van der Waals surface area contributed by atoms with Crippen LogP contribution in [0.25, 0.3) is 38.7 Å². The largest absolute Gasteiger partial charge is 0.364 e. The quantitative estimate of drug-likeness (QED) is 0.343. The fraction of sp³-hybridized carbons (Fsp3) is 0.233. The maximum atomic E-state index is 12.2. The van der Waals surface area contributed by atoms with Crippen molar-refractivity contribution in [3.05, 3.63) is 84.8 Å². The maximum absolute atomic E-state index is 12.2. The van der Waals surface area contributed by atoms with E-state index < -0.39 is 0 Å². The van der Waals surface area contributed by atoms with Gasteiger partial charge in [0.15, 0.2) is 11.4 Å². The molecule has 1 aliphatic heterocycles. The van der Waals surface area contributed by atoms with Gasteiger partial charge in [0.1, 0.15) is 0 Å². The molecule has 0 spiro atoms. The van der Waals surface area contributed by atoms with E-state index >= 15 is 0 Å². The van der Waals surface area contributed by atoms with E-state index in [4.69, 9.17) is 4.98 Å². The molecule has 2 aromatic heterocycles. The van der Waals surface area contributed by atoms with Crippen LogP contribution in [0.4, 0.5) is 5.69 Å². The summed E-state index contributed by atoms with van der Waals surface area (Å²) in [5.74, 6) is 0.0623.